The number of nitrogens with one attached hydrogen (secondary N) is 1. The van der Waals surface area contributed by atoms with Crippen molar-refractivity contribution in [2.45, 2.75) is 39.3 Å². The first-order chi connectivity index (χ1) is 12.1. The highest BCUT2D eigenvalue weighted by atomic mass is 32.1. The first-order valence-corrected chi connectivity index (χ1v) is 10.0. The van der Waals surface area contributed by atoms with Crippen LogP contribution >= 0.6 is 11.3 Å². The summed E-state index contributed by atoms with van der Waals surface area (Å²) in [4.78, 5) is 25.0. The number of hydrogen-bond donors (Lipinski definition) is 1. The van der Waals surface area contributed by atoms with E-state index in [0.717, 1.165) is 48.1 Å². The van der Waals surface area contributed by atoms with E-state index in [9.17, 15) is 4.79 Å². The van der Waals surface area contributed by atoms with E-state index in [0.29, 0.717) is 6.04 Å². The van der Waals surface area contributed by atoms with Crippen LogP contribution < -0.4 is 5.56 Å². The Labute approximate surface area is 152 Å². The summed E-state index contributed by atoms with van der Waals surface area (Å²) in [6.07, 6.45) is 4.94. The highest BCUT2D eigenvalue weighted by Crippen LogP contribution is 2.28. The molecule has 5 heterocycles. The van der Waals surface area contributed by atoms with Gasteiger partial charge in [-0.1, -0.05) is 11.6 Å². The van der Waals surface area contributed by atoms with Crippen molar-refractivity contribution in [1.29, 1.82) is 0 Å². The molecule has 0 amide bonds. The Morgan fingerprint density at radius 1 is 1.36 bits per heavy atom. The Hall–Kier alpha value is -1.50. The van der Waals surface area contributed by atoms with E-state index < -0.39 is 0 Å². The predicted molar refractivity (Wildman–Crippen MR) is 103 cm³/mol. The molecule has 3 fully saturated rings. The van der Waals surface area contributed by atoms with Gasteiger partial charge in [0.1, 0.15) is 10.5 Å². The van der Waals surface area contributed by atoms with Crippen molar-refractivity contribution < 1.29 is 0 Å². The molecule has 0 aromatic carbocycles. The number of thiophene rings is 1. The van der Waals surface area contributed by atoms with Crippen LogP contribution in [0.5, 0.6) is 0 Å². The fourth-order valence-corrected chi connectivity index (χ4v) is 4.86. The Kier molecular flexibility index (Phi) is 4.75. The third kappa shape index (κ3) is 3.71. The number of rotatable bonds is 4. The molecule has 25 heavy (non-hydrogen) atoms. The van der Waals surface area contributed by atoms with Gasteiger partial charge in [-0.3, -0.25) is 14.6 Å². The van der Waals surface area contributed by atoms with Gasteiger partial charge in [-0.2, -0.15) is 0 Å². The molecule has 2 atom stereocenters. The summed E-state index contributed by atoms with van der Waals surface area (Å²) in [6, 6.07) is 2.55. The number of nitrogens with zero attached hydrogens (tertiary/aromatic N) is 3. The first-order valence-electron chi connectivity index (χ1n) is 9.14. The molecule has 2 bridgehead atoms. The molecule has 2 aromatic rings. The smallest absolute Gasteiger partial charge is 0.268 e. The molecule has 1 N–H and O–H groups in total. The van der Waals surface area contributed by atoms with Gasteiger partial charge in [0, 0.05) is 32.2 Å². The predicted octanol–water partition coefficient (Wildman–Crippen LogP) is 2.85. The van der Waals surface area contributed by atoms with Gasteiger partial charge in [0.05, 0.1) is 12.1 Å². The number of piperidine rings is 1. The van der Waals surface area contributed by atoms with Crippen LogP contribution in [0.15, 0.2) is 27.9 Å². The van der Waals surface area contributed by atoms with Crippen LogP contribution in [-0.2, 0) is 6.54 Å². The van der Waals surface area contributed by atoms with E-state index in [4.69, 9.17) is 0 Å². The molecule has 5 rings (SSSR count). The first kappa shape index (κ1) is 16.9. The lowest BCUT2D eigenvalue weighted by atomic mass is 9.95. The minimum absolute atomic E-state index is 0.00187. The second-order valence-corrected chi connectivity index (χ2v) is 8.59. The molecule has 2 aromatic heterocycles. The fourth-order valence-electron chi connectivity index (χ4n) is 4.14. The van der Waals surface area contributed by atoms with Crippen LogP contribution in [-0.4, -0.2) is 52.0 Å². The Balaban J connectivity index is 1.50. The van der Waals surface area contributed by atoms with Gasteiger partial charge in [0.15, 0.2) is 0 Å². The molecule has 3 aliphatic rings. The van der Waals surface area contributed by atoms with Gasteiger partial charge in [0.2, 0.25) is 0 Å². The summed E-state index contributed by atoms with van der Waals surface area (Å²) < 4.78 is 0.729. The minimum Gasteiger partial charge on any atom is -0.308 e. The molecule has 6 heteroatoms. The SMILES string of the molecule is CC(C)=CCN1C[C@H]2CC[C@@H]1CN(Cc1nc3ccsc3c(=O)[nH]1)C2. The van der Waals surface area contributed by atoms with E-state index in [2.05, 4.69) is 39.7 Å². The summed E-state index contributed by atoms with van der Waals surface area (Å²) in [5.41, 5.74) is 2.22. The van der Waals surface area contributed by atoms with Crippen LogP contribution in [0.25, 0.3) is 10.2 Å². The van der Waals surface area contributed by atoms with Crippen molar-refractivity contribution in [3.05, 3.63) is 39.3 Å². The summed E-state index contributed by atoms with van der Waals surface area (Å²) in [5.74, 6) is 1.52. The Morgan fingerprint density at radius 3 is 3.08 bits per heavy atom. The van der Waals surface area contributed by atoms with E-state index in [1.807, 2.05) is 11.4 Å². The van der Waals surface area contributed by atoms with E-state index in [1.54, 1.807) is 0 Å². The fraction of sp³-hybridized carbons (Fsp3) is 0.579. The summed E-state index contributed by atoms with van der Waals surface area (Å²) in [6.45, 7) is 9.51. The second kappa shape index (κ2) is 7.02. The van der Waals surface area contributed by atoms with E-state index >= 15 is 0 Å². The maximum Gasteiger partial charge on any atom is 0.268 e. The molecule has 0 unspecified atom stereocenters. The minimum atomic E-state index is -0.00187. The summed E-state index contributed by atoms with van der Waals surface area (Å²) in [5, 5.41) is 1.93. The normalized spacial score (nSPS) is 24.6. The third-order valence-electron chi connectivity index (χ3n) is 5.37. The lowest BCUT2D eigenvalue weighted by molar-refractivity contribution is 0.146. The standard InChI is InChI=1S/C19H26N4OS/c1-13(2)5-7-23-10-14-3-4-15(23)11-22(9-14)12-17-20-16-6-8-25-18(16)19(24)21-17/h5-6,8,14-15H,3-4,7,9-12H2,1-2H3,(H,20,21,24)/t14-,15+/m0/s1. The largest absolute Gasteiger partial charge is 0.308 e. The average Bonchev–Trinajstić information content (AvgIpc) is 2.88. The lowest BCUT2D eigenvalue weighted by Crippen LogP contribution is -2.43. The topological polar surface area (TPSA) is 52.2 Å². The van der Waals surface area contributed by atoms with Gasteiger partial charge in [-0.25, -0.2) is 4.98 Å². The molecular weight excluding hydrogens is 332 g/mol. The highest BCUT2D eigenvalue weighted by Gasteiger charge is 2.34. The Bertz CT molecular complexity index is 835. The maximum atomic E-state index is 12.2. The molecule has 0 spiro atoms. The summed E-state index contributed by atoms with van der Waals surface area (Å²) in [7, 11) is 0. The molecule has 0 radical (unpaired) electrons. The summed E-state index contributed by atoms with van der Waals surface area (Å²) >= 11 is 1.46. The van der Waals surface area contributed by atoms with Crippen LogP contribution in [0.1, 0.15) is 32.5 Å². The van der Waals surface area contributed by atoms with Crippen molar-refractivity contribution in [2.24, 2.45) is 5.92 Å². The zero-order valence-corrected chi connectivity index (χ0v) is 15.8. The molecule has 134 valence electrons. The van der Waals surface area contributed by atoms with Crippen LogP contribution in [0.3, 0.4) is 0 Å². The Morgan fingerprint density at radius 2 is 2.24 bits per heavy atom. The van der Waals surface area contributed by atoms with Crippen LogP contribution in [0.2, 0.25) is 0 Å². The zero-order valence-electron chi connectivity index (χ0n) is 15.0. The maximum absolute atomic E-state index is 12.2. The number of hydrogen-bond acceptors (Lipinski definition) is 5. The molecule has 3 saturated heterocycles. The molecule has 0 aliphatic carbocycles. The number of aromatic amines is 1. The average molecular weight is 359 g/mol. The van der Waals surface area contributed by atoms with Crippen molar-refractivity contribution in [1.82, 2.24) is 19.8 Å². The van der Waals surface area contributed by atoms with Crippen LogP contribution in [0, 0.1) is 5.92 Å². The lowest BCUT2D eigenvalue weighted by Gasteiger charge is -2.35. The van der Waals surface area contributed by atoms with Crippen molar-refractivity contribution in [3.8, 4) is 0 Å². The molecule has 3 aliphatic heterocycles. The number of allylic oxidation sites excluding steroid dienone is 1. The van der Waals surface area contributed by atoms with E-state index in [1.165, 1.54) is 36.3 Å². The van der Waals surface area contributed by atoms with Gasteiger partial charge < -0.3 is 4.98 Å². The van der Waals surface area contributed by atoms with Gasteiger partial charge >= 0.3 is 0 Å². The van der Waals surface area contributed by atoms with Crippen molar-refractivity contribution >= 4 is 21.6 Å². The van der Waals surface area contributed by atoms with Gasteiger partial charge in [0.25, 0.3) is 5.56 Å². The second-order valence-electron chi connectivity index (χ2n) is 7.67. The molecule has 5 nitrogen and oxygen atoms in total. The van der Waals surface area contributed by atoms with Crippen molar-refractivity contribution in [2.75, 3.05) is 26.2 Å². The number of H-pyrrole nitrogens is 1. The van der Waals surface area contributed by atoms with Gasteiger partial charge in [-0.05, 0) is 44.1 Å². The van der Waals surface area contributed by atoms with E-state index in [-0.39, 0.29) is 5.56 Å². The van der Waals surface area contributed by atoms with Crippen molar-refractivity contribution in [3.63, 3.8) is 0 Å². The zero-order chi connectivity index (χ0) is 17.4. The van der Waals surface area contributed by atoms with Crippen LogP contribution in [0.4, 0.5) is 0 Å². The quantitative estimate of drug-likeness (QED) is 0.854. The highest BCUT2D eigenvalue weighted by molar-refractivity contribution is 7.17. The number of aromatic nitrogens is 2. The molecule has 0 saturated carbocycles. The third-order valence-corrected chi connectivity index (χ3v) is 6.28. The van der Waals surface area contributed by atoms with Gasteiger partial charge in [-0.15, -0.1) is 11.3 Å². The number of fused-ring (bicyclic) bond motifs is 5. The molecular formula is C19H26N4OS. The monoisotopic (exact) mass is 358 g/mol.